The minimum Gasteiger partial charge on any atom is -0.424 e. The number of aromatic nitrogens is 4. The zero-order valence-electron chi connectivity index (χ0n) is 11.6. The summed E-state index contributed by atoms with van der Waals surface area (Å²) in [4.78, 5) is 13.1. The molecular formula is C13H18N6O. The lowest BCUT2D eigenvalue weighted by Crippen LogP contribution is -2.46. The van der Waals surface area contributed by atoms with Crippen LogP contribution in [0.4, 0.5) is 5.95 Å². The van der Waals surface area contributed by atoms with Crippen molar-refractivity contribution in [3.63, 3.8) is 0 Å². The van der Waals surface area contributed by atoms with Gasteiger partial charge in [0.05, 0.1) is 6.54 Å². The van der Waals surface area contributed by atoms with Gasteiger partial charge in [-0.3, -0.25) is 4.90 Å². The summed E-state index contributed by atoms with van der Waals surface area (Å²) in [5.74, 6) is 2.21. The Labute approximate surface area is 117 Å². The third-order valence-corrected chi connectivity index (χ3v) is 3.38. The van der Waals surface area contributed by atoms with Crippen molar-refractivity contribution in [3.8, 4) is 0 Å². The fraction of sp³-hybridized carbons (Fsp3) is 0.538. The fourth-order valence-corrected chi connectivity index (χ4v) is 2.25. The van der Waals surface area contributed by atoms with Crippen molar-refractivity contribution in [1.29, 1.82) is 0 Å². The number of piperazine rings is 1. The molecule has 0 radical (unpaired) electrons. The molecule has 0 spiro atoms. The highest BCUT2D eigenvalue weighted by molar-refractivity contribution is 5.29. The normalized spacial score (nSPS) is 16.6. The molecule has 1 aliphatic rings. The van der Waals surface area contributed by atoms with Gasteiger partial charge in [-0.25, -0.2) is 9.97 Å². The smallest absolute Gasteiger partial charge is 0.230 e. The third kappa shape index (κ3) is 2.93. The molecule has 0 N–H and O–H groups in total. The lowest BCUT2D eigenvalue weighted by molar-refractivity contribution is 0.223. The topological polar surface area (TPSA) is 71.2 Å². The molecule has 0 amide bonds. The van der Waals surface area contributed by atoms with Gasteiger partial charge in [-0.1, -0.05) is 6.92 Å². The van der Waals surface area contributed by atoms with Crippen LogP contribution in [-0.4, -0.2) is 51.2 Å². The number of aryl methyl sites for hydroxylation is 1. The van der Waals surface area contributed by atoms with Crippen molar-refractivity contribution in [2.24, 2.45) is 0 Å². The van der Waals surface area contributed by atoms with E-state index in [0.717, 1.165) is 45.1 Å². The van der Waals surface area contributed by atoms with E-state index in [1.807, 2.05) is 13.0 Å². The Bertz CT molecular complexity index is 535. The standard InChI is InChI=1S/C13H18N6O/c1-2-11-16-17-12(20-11)10-18-6-8-19(9-7-18)13-14-4-3-5-15-13/h3-5H,2,6-10H2,1H3. The average Bonchev–Trinajstić information content (AvgIpc) is 2.97. The molecule has 0 atom stereocenters. The van der Waals surface area contributed by atoms with Crippen LogP contribution in [-0.2, 0) is 13.0 Å². The summed E-state index contributed by atoms with van der Waals surface area (Å²) in [5.41, 5.74) is 0. The van der Waals surface area contributed by atoms with Crippen LogP contribution in [0.1, 0.15) is 18.7 Å². The Morgan fingerprint density at radius 2 is 1.75 bits per heavy atom. The van der Waals surface area contributed by atoms with Gasteiger partial charge in [0.1, 0.15) is 0 Å². The monoisotopic (exact) mass is 274 g/mol. The van der Waals surface area contributed by atoms with Crippen LogP contribution in [0.2, 0.25) is 0 Å². The van der Waals surface area contributed by atoms with Crippen LogP contribution in [0.25, 0.3) is 0 Å². The first kappa shape index (κ1) is 13.0. The number of rotatable bonds is 4. The van der Waals surface area contributed by atoms with Gasteiger partial charge in [0, 0.05) is 45.0 Å². The van der Waals surface area contributed by atoms with E-state index in [9.17, 15) is 0 Å². The van der Waals surface area contributed by atoms with Crippen molar-refractivity contribution in [1.82, 2.24) is 25.1 Å². The number of hydrogen-bond acceptors (Lipinski definition) is 7. The van der Waals surface area contributed by atoms with Gasteiger partial charge in [-0.2, -0.15) is 0 Å². The van der Waals surface area contributed by atoms with Gasteiger partial charge in [-0.15, -0.1) is 10.2 Å². The number of nitrogens with zero attached hydrogens (tertiary/aromatic N) is 6. The summed E-state index contributed by atoms with van der Waals surface area (Å²) in [6.45, 7) is 6.45. The Morgan fingerprint density at radius 3 is 2.40 bits per heavy atom. The molecule has 0 unspecified atom stereocenters. The molecule has 0 aliphatic carbocycles. The summed E-state index contributed by atoms with van der Waals surface area (Å²) in [6, 6.07) is 1.83. The molecule has 1 fully saturated rings. The Morgan fingerprint density at radius 1 is 1.05 bits per heavy atom. The lowest BCUT2D eigenvalue weighted by atomic mass is 10.3. The van der Waals surface area contributed by atoms with Crippen LogP contribution >= 0.6 is 0 Å². The molecule has 1 aliphatic heterocycles. The first-order valence-electron chi connectivity index (χ1n) is 6.90. The van der Waals surface area contributed by atoms with E-state index in [-0.39, 0.29) is 0 Å². The van der Waals surface area contributed by atoms with Gasteiger partial charge in [0.25, 0.3) is 0 Å². The first-order chi connectivity index (χ1) is 9.85. The number of anilines is 1. The van der Waals surface area contributed by atoms with Crippen LogP contribution in [0.5, 0.6) is 0 Å². The zero-order valence-corrected chi connectivity index (χ0v) is 11.6. The molecule has 2 aromatic heterocycles. The first-order valence-corrected chi connectivity index (χ1v) is 6.90. The van der Waals surface area contributed by atoms with Crippen molar-refractivity contribution in [2.45, 2.75) is 19.9 Å². The summed E-state index contributed by atoms with van der Waals surface area (Å²) in [7, 11) is 0. The molecular weight excluding hydrogens is 256 g/mol. The predicted octanol–water partition coefficient (Wildman–Crippen LogP) is 0.744. The Balaban J connectivity index is 1.53. The number of hydrogen-bond donors (Lipinski definition) is 0. The van der Waals surface area contributed by atoms with Gasteiger partial charge < -0.3 is 9.32 Å². The van der Waals surface area contributed by atoms with Crippen molar-refractivity contribution < 1.29 is 4.42 Å². The van der Waals surface area contributed by atoms with E-state index < -0.39 is 0 Å². The summed E-state index contributed by atoms with van der Waals surface area (Å²) >= 11 is 0. The second-order valence-corrected chi connectivity index (χ2v) is 4.76. The minimum absolute atomic E-state index is 0.700. The molecule has 3 heterocycles. The molecule has 0 saturated carbocycles. The Kier molecular flexibility index (Phi) is 3.87. The molecule has 0 aromatic carbocycles. The maximum Gasteiger partial charge on any atom is 0.230 e. The molecule has 7 nitrogen and oxygen atoms in total. The van der Waals surface area contributed by atoms with Crippen LogP contribution in [0, 0.1) is 0 Å². The fourth-order valence-electron chi connectivity index (χ4n) is 2.25. The van der Waals surface area contributed by atoms with Crippen molar-refractivity contribution in [2.75, 3.05) is 31.1 Å². The highest BCUT2D eigenvalue weighted by atomic mass is 16.4. The second-order valence-electron chi connectivity index (χ2n) is 4.76. The van der Waals surface area contributed by atoms with Crippen molar-refractivity contribution >= 4 is 5.95 Å². The van der Waals surface area contributed by atoms with E-state index in [0.29, 0.717) is 11.8 Å². The van der Waals surface area contributed by atoms with Gasteiger partial charge >= 0.3 is 0 Å². The summed E-state index contributed by atoms with van der Waals surface area (Å²) in [5, 5.41) is 8.05. The van der Waals surface area contributed by atoms with Gasteiger partial charge in [0.2, 0.25) is 17.7 Å². The molecule has 0 bridgehead atoms. The average molecular weight is 274 g/mol. The maximum atomic E-state index is 5.54. The Hall–Kier alpha value is -2.02. The second kappa shape index (κ2) is 5.96. The van der Waals surface area contributed by atoms with Gasteiger partial charge in [0.15, 0.2) is 0 Å². The molecule has 7 heteroatoms. The van der Waals surface area contributed by atoms with E-state index in [2.05, 4.69) is 30.0 Å². The predicted molar refractivity (Wildman–Crippen MR) is 73.2 cm³/mol. The van der Waals surface area contributed by atoms with Crippen LogP contribution < -0.4 is 4.90 Å². The highest BCUT2D eigenvalue weighted by Gasteiger charge is 2.20. The van der Waals surface area contributed by atoms with Crippen molar-refractivity contribution in [3.05, 3.63) is 30.2 Å². The van der Waals surface area contributed by atoms with Crippen LogP contribution in [0.15, 0.2) is 22.9 Å². The highest BCUT2D eigenvalue weighted by Crippen LogP contribution is 2.12. The molecule has 3 rings (SSSR count). The quantitative estimate of drug-likeness (QED) is 0.814. The molecule has 1 saturated heterocycles. The van der Waals surface area contributed by atoms with Gasteiger partial charge in [-0.05, 0) is 6.07 Å². The van der Waals surface area contributed by atoms with E-state index >= 15 is 0 Å². The molecule has 106 valence electrons. The van der Waals surface area contributed by atoms with E-state index in [1.165, 1.54) is 0 Å². The largest absolute Gasteiger partial charge is 0.424 e. The van der Waals surface area contributed by atoms with E-state index in [1.54, 1.807) is 12.4 Å². The summed E-state index contributed by atoms with van der Waals surface area (Å²) < 4.78 is 5.54. The minimum atomic E-state index is 0.700. The lowest BCUT2D eigenvalue weighted by Gasteiger charge is -2.33. The SMILES string of the molecule is CCc1nnc(CN2CCN(c3ncccn3)CC2)o1. The summed E-state index contributed by atoms with van der Waals surface area (Å²) in [6.07, 6.45) is 4.34. The van der Waals surface area contributed by atoms with Crippen LogP contribution in [0.3, 0.4) is 0 Å². The molecule has 2 aromatic rings. The van der Waals surface area contributed by atoms with E-state index in [4.69, 9.17) is 4.42 Å². The zero-order chi connectivity index (χ0) is 13.8. The maximum absolute atomic E-state index is 5.54. The molecule has 20 heavy (non-hydrogen) atoms. The third-order valence-electron chi connectivity index (χ3n) is 3.38.